The summed E-state index contributed by atoms with van der Waals surface area (Å²) in [5.74, 6) is -4.19. The first-order chi connectivity index (χ1) is 24.8. The van der Waals surface area contributed by atoms with E-state index in [0.29, 0.717) is 12.8 Å². The van der Waals surface area contributed by atoms with E-state index in [4.69, 9.17) is 4.74 Å². The van der Waals surface area contributed by atoms with Gasteiger partial charge in [-0.15, -0.1) is 0 Å². The van der Waals surface area contributed by atoms with Crippen molar-refractivity contribution in [3.05, 3.63) is 0 Å². The van der Waals surface area contributed by atoms with E-state index in [1.54, 1.807) is 34.6 Å². The molecule has 0 saturated carbocycles. The average molecular weight is 769 g/mol. The molecule has 312 valence electrons. The molecule has 15 nitrogen and oxygen atoms in total. The van der Waals surface area contributed by atoms with Crippen molar-refractivity contribution in [3.8, 4) is 0 Å². The molecule has 0 aliphatic heterocycles. The van der Waals surface area contributed by atoms with Crippen LogP contribution in [-0.2, 0) is 33.5 Å². The van der Waals surface area contributed by atoms with Gasteiger partial charge in [-0.3, -0.25) is 28.8 Å². The number of hydrogen-bond donors (Lipinski definition) is 7. The highest BCUT2D eigenvalue weighted by Gasteiger charge is 2.29. The Morgan fingerprint density at radius 1 is 0.593 bits per heavy atom. The number of alkyl carbamates (subject to hydrolysis) is 1. The summed E-state index contributed by atoms with van der Waals surface area (Å²) in [6.07, 6.45) is 0.166. The number of nitrogens with one attached hydrogen (secondary N) is 6. The van der Waals surface area contributed by atoms with E-state index in [1.807, 2.05) is 55.4 Å². The molecule has 0 saturated heterocycles. The number of amides is 6. The zero-order valence-corrected chi connectivity index (χ0v) is 35.1. The van der Waals surface area contributed by atoms with E-state index in [9.17, 15) is 38.7 Å². The van der Waals surface area contributed by atoms with Crippen molar-refractivity contribution in [2.75, 3.05) is 19.6 Å². The van der Waals surface area contributed by atoms with Gasteiger partial charge >= 0.3 is 12.1 Å². The first-order valence-corrected chi connectivity index (χ1v) is 19.4. The molecule has 0 heterocycles. The molecule has 0 radical (unpaired) electrons. The second-order valence-corrected chi connectivity index (χ2v) is 17.2. The molecule has 0 aliphatic rings. The van der Waals surface area contributed by atoms with Crippen LogP contribution < -0.4 is 31.9 Å². The number of hydrogen-bond acceptors (Lipinski definition) is 8. The Hall–Kier alpha value is -3.91. The molecule has 0 aromatic heterocycles. The number of aliphatic carboxylic acids is 1. The van der Waals surface area contributed by atoms with Gasteiger partial charge in [-0.25, -0.2) is 4.79 Å². The monoisotopic (exact) mass is 769 g/mol. The molecule has 54 heavy (non-hydrogen) atoms. The summed E-state index contributed by atoms with van der Waals surface area (Å²) < 4.78 is 5.26. The van der Waals surface area contributed by atoms with Gasteiger partial charge in [0.2, 0.25) is 29.5 Å². The predicted molar refractivity (Wildman–Crippen MR) is 208 cm³/mol. The molecule has 0 aromatic carbocycles. The van der Waals surface area contributed by atoms with Gasteiger partial charge < -0.3 is 41.7 Å². The van der Waals surface area contributed by atoms with E-state index in [-0.39, 0.29) is 92.1 Å². The van der Waals surface area contributed by atoms with Crippen LogP contribution in [0.25, 0.3) is 0 Å². The van der Waals surface area contributed by atoms with Crippen LogP contribution in [0.5, 0.6) is 0 Å². The summed E-state index contributed by atoms with van der Waals surface area (Å²) in [7, 11) is 0. The maximum Gasteiger partial charge on any atom is 0.407 e. The standard InChI is InChI=1S/C39H72N6O9/c1-22(2)14-28(20-41-32(46)16-27(10)43-37(52)30(24(5)6)21-42-38(53)54-39(11,12)13)36(51)45-31(25(7)8)18-33(47)40-19-26(9)35(50)44-29(15-23(3)4)17-34(48)49/h22-31H,14-21H2,1-13H3,(H,40,47)(H,41,46)(H,42,53)(H,43,52)(H,44,50)(H,45,51)(H,48,49)/t26-,27-,28-,29-,30+,31+/m0/s1. The van der Waals surface area contributed by atoms with E-state index in [2.05, 4.69) is 31.9 Å². The molecular weight excluding hydrogens is 696 g/mol. The highest BCUT2D eigenvalue weighted by atomic mass is 16.6. The lowest BCUT2D eigenvalue weighted by molar-refractivity contribution is -0.138. The first kappa shape index (κ1) is 50.1. The average Bonchev–Trinajstić information content (AvgIpc) is 2.99. The number of carboxylic acid groups (broad SMARTS) is 1. The summed E-state index contributed by atoms with van der Waals surface area (Å²) in [4.78, 5) is 88.5. The smallest absolute Gasteiger partial charge is 0.407 e. The van der Waals surface area contributed by atoms with Crippen molar-refractivity contribution in [2.24, 2.45) is 41.4 Å². The Morgan fingerprint density at radius 3 is 1.65 bits per heavy atom. The quantitative estimate of drug-likeness (QED) is 0.0759. The van der Waals surface area contributed by atoms with Crippen LogP contribution in [0.2, 0.25) is 0 Å². The third kappa shape index (κ3) is 23.0. The summed E-state index contributed by atoms with van der Waals surface area (Å²) in [5.41, 5.74) is -0.671. The van der Waals surface area contributed by atoms with Crippen molar-refractivity contribution >= 4 is 41.6 Å². The normalized spacial score (nSPS) is 15.1. The van der Waals surface area contributed by atoms with Crippen LogP contribution in [0.4, 0.5) is 4.79 Å². The minimum absolute atomic E-state index is 0.0185. The largest absolute Gasteiger partial charge is 0.481 e. The molecule has 0 rings (SSSR count). The fourth-order valence-electron chi connectivity index (χ4n) is 5.68. The zero-order valence-electron chi connectivity index (χ0n) is 35.1. The Kier molecular flexibility index (Phi) is 22.7. The highest BCUT2D eigenvalue weighted by molar-refractivity contribution is 5.84. The maximum absolute atomic E-state index is 13.5. The molecule has 15 heteroatoms. The number of carbonyl (C=O) groups is 7. The summed E-state index contributed by atoms with van der Waals surface area (Å²) in [6, 6.07) is -1.53. The fourth-order valence-corrected chi connectivity index (χ4v) is 5.68. The van der Waals surface area contributed by atoms with E-state index in [1.165, 1.54) is 0 Å². The van der Waals surface area contributed by atoms with Gasteiger partial charge in [0.1, 0.15) is 5.60 Å². The predicted octanol–water partition coefficient (Wildman–Crippen LogP) is 3.75. The van der Waals surface area contributed by atoms with Gasteiger partial charge in [-0.2, -0.15) is 0 Å². The van der Waals surface area contributed by atoms with E-state index in [0.717, 1.165) is 0 Å². The topological polar surface area (TPSA) is 221 Å². The lowest BCUT2D eigenvalue weighted by atomic mass is 9.93. The van der Waals surface area contributed by atoms with Crippen LogP contribution in [0.15, 0.2) is 0 Å². The molecular formula is C39H72N6O9. The van der Waals surface area contributed by atoms with Crippen LogP contribution in [0.3, 0.4) is 0 Å². The fraction of sp³-hybridized carbons (Fsp3) is 0.821. The summed E-state index contributed by atoms with van der Waals surface area (Å²) in [6.45, 7) is 24.2. The Labute approximate surface area is 323 Å². The minimum Gasteiger partial charge on any atom is -0.481 e. The molecule has 0 fully saturated rings. The Morgan fingerprint density at radius 2 is 1.15 bits per heavy atom. The molecule has 6 atom stereocenters. The second kappa shape index (κ2) is 24.5. The SMILES string of the molecule is CC(C)C[C@@H](CC(=O)O)NC(=O)[C@@H](C)CNC(=O)C[C@@H](NC(=O)[C@H](CNC(=O)C[C@H](C)NC(=O)[C@H](CNC(=O)OC(C)(C)C)C(C)C)CC(C)C)C(C)C. The molecule has 0 aromatic rings. The molecule has 0 bridgehead atoms. The maximum atomic E-state index is 13.5. The second-order valence-electron chi connectivity index (χ2n) is 17.2. The van der Waals surface area contributed by atoms with Gasteiger partial charge in [0.15, 0.2) is 0 Å². The van der Waals surface area contributed by atoms with Crippen molar-refractivity contribution in [2.45, 2.75) is 146 Å². The molecule has 0 aliphatic carbocycles. The highest BCUT2D eigenvalue weighted by Crippen LogP contribution is 2.16. The number of carboxylic acids is 1. The van der Waals surface area contributed by atoms with Gasteiger partial charge in [-0.1, -0.05) is 62.3 Å². The van der Waals surface area contributed by atoms with Crippen LogP contribution in [0.1, 0.15) is 122 Å². The van der Waals surface area contributed by atoms with Crippen molar-refractivity contribution in [1.82, 2.24) is 31.9 Å². The third-order valence-electron chi connectivity index (χ3n) is 8.67. The number of ether oxygens (including phenoxy) is 1. The van der Waals surface area contributed by atoms with Crippen LogP contribution in [-0.4, -0.2) is 90.1 Å². The molecule has 0 spiro atoms. The van der Waals surface area contributed by atoms with E-state index < -0.39 is 53.5 Å². The van der Waals surface area contributed by atoms with Crippen molar-refractivity contribution < 1.29 is 43.4 Å². The van der Waals surface area contributed by atoms with Crippen LogP contribution in [0, 0.1) is 41.4 Å². The van der Waals surface area contributed by atoms with Gasteiger partial charge in [-0.05, 0) is 64.2 Å². The zero-order chi connectivity index (χ0) is 41.9. The lowest BCUT2D eigenvalue weighted by Crippen LogP contribution is -2.48. The third-order valence-corrected chi connectivity index (χ3v) is 8.67. The molecule has 6 amide bonds. The van der Waals surface area contributed by atoms with Gasteiger partial charge in [0, 0.05) is 50.6 Å². The van der Waals surface area contributed by atoms with Crippen LogP contribution >= 0.6 is 0 Å². The van der Waals surface area contributed by atoms with Gasteiger partial charge in [0.25, 0.3) is 0 Å². The van der Waals surface area contributed by atoms with E-state index >= 15 is 0 Å². The Balaban J connectivity index is 5.20. The molecule has 7 N–H and O–H groups in total. The number of rotatable bonds is 24. The Bertz CT molecular complexity index is 1230. The summed E-state index contributed by atoms with van der Waals surface area (Å²) in [5, 5.41) is 26.1. The number of carbonyl (C=O) groups excluding carboxylic acids is 6. The summed E-state index contributed by atoms with van der Waals surface area (Å²) >= 11 is 0. The lowest BCUT2D eigenvalue weighted by Gasteiger charge is -2.27. The molecule has 0 unspecified atom stereocenters. The van der Waals surface area contributed by atoms with Gasteiger partial charge in [0.05, 0.1) is 24.2 Å². The minimum atomic E-state index is -0.999. The first-order valence-electron chi connectivity index (χ1n) is 19.4. The van der Waals surface area contributed by atoms with Crippen molar-refractivity contribution in [1.29, 1.82) is 0 Å². The van der Waals surface area contributed by atoms with Crippen molar-refractivity contribution in [3.63, 3.8) is 0 Å².